The Labute approximate surface area is 175 Å². The monoisotopic (exact) mass is 441 g/mol. The van der Waals surface area contributed by atoms with Crippen molar-refractivity contribution in [1.29, 1.82) is 0 Å². The predicted octanol–water partition coefficient (Wildman–Crippen LogP) is 3.72. The highest BCUT2D eigenvalue weighted by atomic mass is 32.2. The Morgan fingerprint density at radius 3 is 2.20 bits per heavy atom. The standard InChI is InChI=1S/C21H26F3N3O2S/c1-4-25-20(26-12-11-16-5-8-18(9-6-16)21(22,23)24)27-14-17-7-10-19(15(2)13-17)30(3,28)29/h5-10,13H,4,11-12,14H2,1-3H3,(H2,25,26,27). The molecule has 0 atom stereocenters. The van der Waals surface area contributed by atoms with Crippen molar-refractivity contribution >= 4 is 15.8 Å². The predicted molar refractivity (Wildman–Crippen MR) is 112 cm³/mol. The molecule has 0 amide bonds. The zero-order valence-corrected chi connectivity index (χ0v) is 18.0. The van der Waals surface area contributed by atoms with Crippen LogP contribution in [-0.2, 0) is 29.0 Å². The van der Waals surface area contributed by atoms with Crippen molar-refractivity contribution in [2.24, 2.45) is 4.99 Å². The van der Waals surface area contributed by atoms with E-state index in [0.717, 1.165) is 23.3 Å². The van der Waals surface area contributed by atoms with Crippen molar-refractivity contribution in [3.63, 3.8) is 0 Å². The fourth-order valence-electron chi connectivity index (χ4n) is 2.92. The van der Waals surface area contributed by atoms with E-state index in [2.05, 4.69) is 15.6 Å². The fraction of sp³-hybridized carbons (Fsp3) is 0.381. The molecule has 9 heteroatoms. The molecule has 0 aliphatic heterocycles. The Balaban J connectivity index is 1.97. The molecule has 30 heavy (non-hydrogen) atoms. The van der Waals surface area contributed by atoms with Gasteiger partial charge >= 0.3 is 6.18 Å². The second-order valence-electron chi connectivity index (χ2n) is 6.94. The van der Waals surface area contributed by atoms with Crippen molar-refractivity contribution in [3.05, 3.63) is 64.7 Å². The highest BCUT2D eigenvalue weighted by molar-refractivity contribution is 7.90. The fourth-order valence-corrected chi connectivity index (χ4v) is 3.88. The summed E-state index contributed by atoms with van der Waals surface area (Å²) in [6.07, 6.45) is -2.61. The lowest BCUT2D eigenvalue weighted by Gasteiger charge is -2.12. The smallest absolute Gasteiger partial charge is 0.357 e. The average molecular weight is 442 g/mol. The number of aliphatic imine (C=N–C) groups is 1. The van der Waals surface area contributed by atoms with Crippen LogP contribution in [0.2, 0.25) is 0 Å². The molecule has 2 aromatic carbocycles. The molecular weight excluding hydrogens is 415 g/mol. The second-order valence-corrected chi connectivity index (χ2v) is 8.92. The molecule has 0 bridgehead atoms. The van der Waals surface area contributed by atoms with E-state index in [4.69, 9.17) is 0 Å². The molecule has 2 aromatic rings. The van der Waals surface area contributed by atoms with Gasteiger partial charge in [0, 0.05) is 19.3 Å². The first-order valence-corrected chi connectivity index (χ1v) is 11.4. The molecule has 0 heterocycles. The number of halogens is 3. The normalized spacial score (nSPS) is 12.7. The lowest BCUT2D eigenvalue weighted by molar-refractivity contribution is -0.137. The van der Waals surface area contributed by atoms with E-state index in [1.54, 1.807) is 25.1 Å². The molecule has 0 saturated heterocycles. The van der Waals surface area contributed by atoms with Gasteiger partial charge in [0.1, 0.15) is 0 Å². The van der Waals surface area contributed by atoms with E-state index in [1.807, 2.05) is 6.92 Å². The van der Waals surface area contributed by atoms with Gasteiger partial charge in [-0.2, -0.15) is 13.2 Å². The molecule has 0 saturated carbocycles. The van der Waals surface area contributed by atoms with Crippen molar-refractivity contribution in [2.75, 3.05) is 19.3 Å². The number of sulfone groups is 1. The Morgan fingerprint density at radius 2 is 1.67 bits per heavy atom. The van der Waals surface area contributed by atoms with Gasteiger partial charge in [0.25, 0.3) is 0 Å². The Hall–Kier alpha value is -2.55. The minimum atomic E-state index is -4.33. The highest BCUT2D eigenvalue weighted by Crippen LogP contribution is 2.29. The maximum absolute atomic E-state index is 12.6. The van der Waals surface area contributed by atoms with Crippen LogP contribution in [0.4, 0.5) is 13.2 Å². The number of alkyl halides is 3. The SMILES string of the molecule is CCNC(=NCc1ccc(S(C)(=O)=O)c(C)c1)NCCc1ccc(C(F)(F)F)cc1. The highest BCUT2D eigenvalue weighted by Gasteiger charge is 2.29. The number of hydrogen-bond acceptors (Lipinski definition) is 3. The number of hydrogen-bond donors (Lipinski definition) is 2. The van der Waals surface area contributed by atoms with Crippen molar-refractivity contribution in [3.8, 4) is 0 Å². The average Bonchev–Trinajstić information content (AvgIpc) is 2.65. The third-order valence-electron chi connectivity index (χ3n) is 4.39. The van der Waals surface area contributed by atoms with Gasteiger partial charge in [0.05, 0.1) is 17.0 Å². The van der Waals surface area contributed by atoms with E-state index < -0.39 is 21.6 Å². The lowest BCUT2D eigenvalue weighted by Crippen LogP contribution is -2.38. The van der Waals surface area contributed by atoms with Crippen molar-refractivity contribution in [2.45, 2.75) is 37.9 Å². The maximum atomic E-state index is 12.6. The third kappa shape index (κ3) is 7.05. The van der Waals surface area contributed by atoms with Gasteiger partial charge in [-0.25, -0.2) is 13.4 Å². The molecule has 2 rings (SSSR count). The molecule has 0 fully saturated rings. The van der Waals surface area contributed by atoms with Crippen LogP contribution in [0.25, 0.3) is 0 Å². The minimum absolute atomic E-state index is 0.303. The van der Waals surface area contributed by atoms with Gasteiger partial charge in [-0.3, -0.25) is 0 Å². The van der Waals surface area contributed by atoms with E-state index in [1.165, 1.54) is 18.4 Å². The van der Waals surface area contributed by atoms with Crippen LogP contribution < -0.4 is 10.6 Å². The summed E-state index contributed by atoms with van der Waals surface area (Å²) in [5.41, 5.74) is 1.68. The molecule has 0 aliphatic carbocycles. The van der Waals surface area contributed by atoms with Crippen molar-refractivity contribution < 1.29 is 21.6 Å². The Kier molecular flexibility index (Phi) is 7.89. The van der Waals surface area contributed by atoms with Crippen LogP contribution in [-0.4, -0.2) is 33.7 Å². The molecule has 0 spiro atoms. The van der Waals surface area contributed by atoms with E-state index in [-0.39, 0.29) is 0 Å². The Bertz CT molecular complexity index is 986. The van der Waals surface area contributed by atoms with Gasteiger partial charge in [-0.15, -0.1) is 0 Å². The molecular formula is C21H26F3N3O2S. The molecule has 5 nitrogen and oxygen atoms in total. The summed E-state index contributed by atoms with van der Waals surface area (Å²) in [4.78, 5) is 4.79. The van der Waals surface area contributed by atoms with Gasteiger partial charge < -0.3 is 10.6 Å². The molecule has 0 unspecified atom stereocenters. The Morgan fingerprint density at radius 1 is 1.03 bits per heavy atom. The van der Waals surface area contributed by atoms with Crippen LogP contribution in [0.15, 0.2) is 52.4 Å². The van der Waals surface area contributed by atoms with Gasteiger partial charge in [-0.05, 0) is 55.2 Å². The van der Waals surface area contributed by atoms with Gasteiger partial charge in [-0.1, -0.05) is 24.3 Å². The molecule has 0 aliphatic rings. The van der Waals surface area contributed by atoms with Gasteiger partial charge in [0.15, 0.2) is 15.8 Å². The van der Waals surface area contributed by atoms with Crippen LogP contribution in [0.3, 0.4) is 0 Å². The quantitative estimate of drug-likeness (QED) is 0.508. The topological polar surface area (TPSA) is 70.6 Å². The number of rotatable bonds is 7. The first-order chi connectivity index (χ1) is 14.0. The van der Waals surface area contributed by atoms with Crippen LogP contribution >= 0.6 is 0 Å². The lowest BCUT2D eigenvalue weighted by atomic mass is 10.1. The number of guanidine groups is 1. The summed E-state index contributed by atoms with van der Waals surface area (Å²) in [7, 11) is -3.26. The minimum Gasteiger partial charge on any atom is -0.357 e. The van der Waals surface area contributed by atoms with E-state index >= 15 is 0 Å². The second kappa shape index (κ2) is 9.97. The summed E-state index contributed by atoms with van der Waals surface area (Å²) < 4.78 is 61.3. The third-order valence-corrected chi connectivity index (χ3v) is 5.65. The maximum Gasteiger partial charge on any atom is 0.416 e. The molecule has 2 N–H and O–H groups in total. The zero-order chi connectivity index (χ0) is 22.4. The first kappa shape index (κ1) is 23.7. The summed E-state index contributed by atoms with van der Waals surface area (Å²) in [6.45, 7) is 5.19. The summed E-state index contributed by atoms with van der Waals surface area (Å²) in [5, 5.41) is 6.27. The molecule has 0 aromatic heterocycles. The summed E-state index contributed by atoms with van der Waals surface area (Å²) >= 11 is 0. The van der Waals surface area contributed by atoms with Crippen molar-refractivity contribution in [1.82, 2.24) is 10.6 Å². The van der Waals surface area contributed by atoms with Crippen LogP contribution in [0.5, 0.6) is 0 Å². The van der Waals surface area contributed by atoms with Gasteiger partial charge in [0.2, 0.25) is 0 Å². The zero-order valence-electron chi connectivity index (χ0n) is 17.2. The number of nitrogens with zero attached hydrogens (tertiary/aromatic N) is 1. The van der Waals surface area contributed by atoms with E-state index in [0.29, 0.717) is 42.5 Å². The molecule has 164 valence electrons. The number of benzene rings is 2. The first-order valence-electron chi connectivity index (χ1n) is 9.48. The summed E-state index contributed by atoms with van der Waals surface area (Å²) in [5.74, 6) is 0.578. The summed E-state index contributed by atoms with van der Waals surface area (Å²) in [6, 6.07) is 10.2. The van der Waals surface area contributed by atoms with E-state index in [9.17, 15) is 21.6 Å². The van der Waals surface area contributed by atoms with Crippen LogP contribution in [0.1, 0.15) is 29.2 Å². The largest absolute Gasteiger partial charge is 0.416 e. The number of nitrogens with one attached hydrogen (secondary N) is 2. The van der Waals surface area contributed by atoms with Crippen LogP contribution in [0, 0.1) is 6.92 Å². The number of aryl methyl sites for hydroxylation is 1. The molecule has 0 radical (unpaired) electrons.